The van der Waals surface area contributed by atoms with Gasteiger partial charge in [0.05, 0.1) is 40.6 Å². The van der Waals surface area contributed by atoms with Gasteiger partial charge in [0.25, 0.3) is 5.91 Å². The molecular formula is C29H27F2N5O. The third-order valence-corrected chi connectivity index (χ3v) is 8.05. The molecule has 2 atom stereocenters. The first-order valence-corrected chi connectivity index (χ1v) is 13.0. The highest BCUT2D eigenvalue weighted by Crippen LogP contribution is 2.47. The number of aryl methyl sites for hydroxylation is 1. The molecule has 1 saturated carbocycles. The van der Waals surface area contributed by atoms with Crippen molar-refractivity contribution in [2.45, 2.75) is 56.5 Å². The van der Waals surface area contributed by atoms with Crippen LogP contribution in [0, 0.1) is 11.6 Å². The quantitative estimate of drug-likeness (QED) is 0.361. The van der Waals surface area contributed by atoms with Crippen LogP contribution in [0.3, 0.4) is 0 Å². The zero-order chi connectivity index (χ0) is 25.3. The van der Waals surface area contributed by atoms with E-state index in [4.69, 9.17) is 5.10 Å². The summed E-state index contributed by atoms with van der Waals surface area (Å²) in [6.07, 6.45) is 7.18. The zero-order valence-corrected chi connectivity index (χ0v) is 20.6. The summed E-state index contributed by atoms with van der Waals surface area (Å²) in [6.45, 7) is 0. The Balaban J connectivity index is 1.30. The monoisotopic (exact) mass is 499 g/mol. The second-order valence-corrected chi connectivity index (χ2v) is 10.5. The Labute approximate surface area is 213 Å². The van der Waals surface area contributed by atoms with E-state index in [1.165, 1.54) is 12.1 Å². The molecular weight excluding hydrogens is 472 g/mol. The Hall–Kier alpha value is -3.81. The highest BCUT2D eigenvalue weighted by molar-refractivity contribution is 5.96. The van der Waals surface area contributed by atoms with Crippen molar-refractivity contribution in [2.75, 3.05) is 0 Å². The number of nitrogens with zero attached hydrogens (tertiary/aromatic N) is 5. The maximum atomic E-state index is 14.2. The van der Waals surface area contributed by atoms with Gasteiger partial charge in [0.15, 0.2) is 0 Å². The van der Waals surface area contributed by atoms with Crippen molar-refractivity contribution in [3.8, 4) is 16.9 Å². The number of fused-ring (bicyclic) bond motifs is 4. The van der Waals surface area contributed by atoms with Crippen molar-refractivity contribution in [3.05, 3.63) is 88.9 Å². The minimum absolute atomic E-state index is 0.00670. The third kappa shape index (κ3) is 3.61. The molecule has 6 nitrogen and oxygen atoms in total. The number of aromatic nitrogens is 4. The Bertz CT molecular complexity index is 1500. The molecule has 2 aliphatic heterocycles. The van der Waals surface area contributed by atoms with Crippen molar-refractivity contribution in [1.29, 1.82) is 0 Å². The molecule has 1 saturated heterocycles. The van der Waals surface area contributed by atoms with Crippen LogP contribution in [-0.4, -0.2) is 36.4 Å². The second kappa shape index (κ2) is 8.36. The number of carbonyl (C=O) groups excluding carboxylic acids is 1. The summed E-state index contributed by atoms with van der Waals surface area (Å²) in [5.74, 6) is -0.874. The molecule has 7 rings (SSSR count). The van der Waals surface area contributed by atoms with Gasteiger partial charge in [-0.2, -0.15) is 10.2 Å². The summed E-state index contributed by atoms with van der Waals surface area (Å²) in [5.41, 5.74) is 5.68. The number of piperidine rings is 1. The summed E-state index contributed by atoms with van der Waals surface area (Å²) in [6, 6.07) is 13.4. The maximum Gasteiger partial charge on any atom is 0.258 e. The van der Waals surface area contributed by atoms with E-state index in [9.17, 15) is 13.6 Å². The highest BCUT2D eigenvalue weighted by atomic mass is 19.1. The number of carbonyl (C=O) groups is 1. The summed E-state index contributed by atoms with van der Waals surface area (Å²) < 4.78 is 31.8. The SMILES string of the molecule is Cn1nc2c(c1-c1cc(F)cc(F)c1)CC1CCCC2N1C(=O)c1cnn(-c2ccccc2)c1C1CC1. The predicted molar refractivity (Wildman–Crippen MR) is 134 cm³/mol. The van der Waals surface area contributed by atoms with Crippen molar-refractivity contribution < 1.29 is 13.6 Å². The number of halogens is 2. The molecule has 2 bridgehead atoms. The van der Waals surface area contributed by atoms with Crippen molar-refractivity contribution in [2.24, 2.45) is 7.05 Å². The summed E-state index contributed by atoms with van der Waals surface area (Å²) in [4.78, 5) is 16.2. The molecule has 2 unspecified atom stereocenters. The van der Waals surface area contributed by atoms with Crippen molar-refractivity contribution in [1.82, 2.24) is 24.5 Å². The summed E-state index contributed by atoms with van der Waals surface area (Å²) in [5, 5.41) is 9.47. The number of hydrogen-bond donors (Lipinski definition) is 0. The van der Waals surface area contributed by atoms with Gasteiger partial charge in [-0.05, 0) is 62.8 Å². The van der Waals surface area contributed by atoms with Crippen LogP contribution < -0.4 is 0 Å². The smallest absolute Gasteiger partial charge is 0.258 e. The van der Waals surface area contributed by atoms with Crippen LogP contribution in [-0.2, 0) is 13.5 Å². The van der Waals surface area contributed by atoms with Gasteiger partial charge in [0.1, 0.15) is 11.6 Å². The van der Waals surface area contributed by atoms with E-state index in [1.807, 2.05) is 47.0 Å². The molecule has 37 heavy (non-hydrogen) atoms. The fourth-order valence-corrected chi connectivity index (χ4v) is 6.39. The summed E-state index contributed by atoms with van der Waals surface area (Å²) >= 11 is 0. The molecule has 8 heteroatoms. The summed E-state index contributed by atoms with van der Waals surface area (Å²) in [7, 11) is 1.81. The molecule has 1 amide bonds. The number of amides is 1. The van der Waals surface area contributed by atoms with Gasteiger partial charge >= 0.3 is 0 Å². The molecule has 2 fully saturated rings. The van der Waals surface area contributed by atoms with Crippen molar-refractivity contribution >= 4 is 5.91 Å². The number of rotatable bonds is 4. The van der Waals surface area contributed by atoms with Crippen LogP contribution in [0.2, 0.25) is 0 Å². The standard InChI is InChI=1S/C29H27F2N5O/c1-34-27(18-12-19(30)14-20(31)13-18)23-15-22-8-5-9-25(26(23)33-34)35(22)29(37)24-16-32-36(28(24)17-10-11-17)21-6-3-2-4-7-21/h2-4,6-7,12-14,16-17,22,25H,5,8-11,15H2,1H3. The predicted octanol–water partition coefficient (Wildman–Crippen LogP) is 5.72. The molecule has 0 N–H and O–H groups in total. The molecule has 4 heterocycles. The van der Waals surface area contributed by atoms with E-state index >= 15 is 0 Å². The lowest BCUT2D eigenvalue weighted by atomic mass is 9.81. The Morgan fingerprint density at radius 3 is 2.49 bits per heavy atom. The van der Waals surface area contributed by atoms with E-state index in [2.05, 4.69) is 5.10 Å². The van der Waals surface area contributed by atoms with Gasteiger partial charge in [-0.15, -0.1) is 0 Å². The fraction of sp³-hybridized carbons (Fsp3) is 0.345. The minimum Gasteiger partial charge on any atom is -0.327 e. The maximum absolute atomic E-state index is 14.2. The number of benzene rings is 2. The molecule has 1 aliphatic carbocycles. The largest absolute Gasteiger partial charge is 0.327 e. The molecule has 0 spiro atoms. The second-order valence-electron chi connectivity index (χ2n) is 10.5. The molecule has 3 aliphatic rings. The molecule has 0 radical (unpaired) electrons. The van der Waals surface area contributed by atoms with Crippen LogP contribution in [0.15, 0.2) is 54.7 Å². The average molecular weight is 500 g/mol. The minimum atomic E-state index is -0.610. The lowest BCUT2D eigenvalue weighted by Gasteiger charge is -2.45. The van der Waals surface area contributed by atoms with Crippen molar-refractivity contribution in [3.63, 3.8) is 0 Å². The van der Waals surface area contributed by atoms with Crippen LogP contribution in [0.25, 0.3) is 16.9 Å². The third-order valence-electron chi connectivity index (χ3n) is 8.05. The van der Waals surface area contributed by atoms with Gasteiger partial charge in [-0.1, -0.05) is 18.2 Å². The van der Waals surface area contributed by atoms with E-state index in [0.29, 0.717) is 23.5 Å². The molecule has 2 aromatic carbocycles. The number of hydrogen-bond acceptors (Lipinski definition) is 3. The van der Waals surface area contributed by atoms with E-state index in [1.54, 1.807) is 10.9 Å². The van der Waals surface area contributed by atoms with E-state index in [-0.39, 0.29) is 18.0 Å². The van der Waals surface area contributed by atoms with Crippen LogP contribution in [0.1, 0.15) is 71.4 Å². The van der Waals surface area contributed by atoms with Crippen LogP contribution >= 0.6 is 0 Å². The molecule has 188 valence electrons. The lowest BCUT2D eigenvalue weighted by molar-refractivity contribution is 0.0390. The lowest BCUT2D eigenvalue weighted by Crippen LogP contribution is -2.50. The average Bonchev–Trinajstić information content (AvgIpc) is 3.53. The van der Waals surface area contributed by atoms with Crippen LogP contribution in [0.4, 0.5) is 8.78 Å². The van der Waals surface area contributed by atoms with E-state index < -0.39 is 11.6 Å². The normalized spacial score (nSPS) is 20.7. The number of para-hydroxylation sites is 1. The van der Waals surface area contributed by atoms with Gasteiger partial charge in [0, 0.05) is 36.2 Å². The van der Waals surface area contributed by atoms with Gasteiger partial charge < -0.3 is 4.90 Å². The first-order valence-electron chi connectivity index (χ1n) is 13.0. The first kappa shape index (κ1) is 22.4. The molecule has 4 aromatic rings. The Kier molecular flexibility index (Phi) is 5.06. The first-order chi connectivity index (χ1) is 18.0. The molecule has 2 aromatic heterocycles. The van der Waals surface area contributed by atoms with Gasteiger partial charge in [-0.3, -0.25) is 9.48 Å². The fourth-order valence-electron chi connectivity index (χ4n) is 6.39. The Morgan fingerprint density at radius 2 is 1.76 bits per heavy atom. The highest BCUT2D eigenvalue weighted by Gasteiger charge is 2.45. The van der Waals surface area contributed by atoms with E-state index in [0.717, 1.165) is 66.5 Å². The van der Waals surface area contributed by atoms with Gasteiger partial charge in [-0.25, -0.2) is 13.5 Å². The Morgan fingerprint density at radius 1 is 1.00 bits per heavy atom. The van der Waals surface area contributed by atoms with Crippen LogP contribution in [0.5, 0.6) is 0 Å². The zero-order valence-electron chi connectivity index (χ0n) is 20.6. The van der Waals surface area contributed by atoms with Gasteiger partial charge in [0.2, 0.25) is 0 Å². The topological polar surface area (TPSA) is 56.0 Å².